The fraction of sp³-hybridized carbons (Fsp3) is 1.00. The average Bonchev–Trinajstić information content (AvgIpc) is 2.46. The smallest absolute Gasteiger partial charge is 0.386 e. The van der Waals surface area contributed by atoms with Gasteiger partial charge in [-0.15, -0.1) is 0 Å². The van der Waals surface area contributed by atoms with Gasteiger partial charge in [0, 0.05) is 20.3 Å². The maximum atomic E-state index is 5.76. The third-order valence-corrected chi connectivity index (χ3v) is 7.25. The quantitative estimate of drug-likeness (QED) is 0.711. The third kappa shape index (κ3) is 3.55. The lowest BCUT2D eigenvalue weighted by Crippen LogP contribution is -2.57. The van der Waals surface area contributed by atoms with Crippen LogP contribution in [-0.4, -0.2) is 40.6 Å². The Hall–Kier alpha value is 0.0969. The Morgan fingerprint density at radius 3 is 1.69 bits per heavy atom. The Kier molecular flexibility index (Phi) is 6.57. The molecule has 1 saturated heterocycles. The van der Waals surface area contributed by atoms with Crippen molar-refractivity contribution < 1.29 is 8.85 Å². The number of rotatable bonds is 4. The molecule has 1 fully saturated rings. The van der Waals surface area contributed by atoms with Gasteiger partial charge in [0.1, 0.15) is 0 Å². The highest BCUT2D eigenvalue weighted by atomic mass is 28.4. The van der Waals surface area contributed by atoms with Crippen LogP contribution in [0, 0.1) is 0 Å². The molecule has 0 aromatic carbocycles. The molecule has 0 spiro atoms. The Balaban J connectivity index is 2.63. The highest BCUT2D eigenvalue weighted by Gasteiger charge is 2.40. The van der Waals surface area contributed by atoms with E-state index in [1.807, 2.05) is 14.2 Å². The first-order valence-electron chi connectivity index (χ1n) is 6.64. The predicted molar refractivity (Wildman–Crippen MR) is 69.5 cm³/mol. The van der Waals surface area contributed by atoms with Crippen LogP contribution in [0.15, 0.2) is 0 Å². The lowest BCUT2D eigenvalue weighted by atomic mass is 10.1. The van der Waals surface area contributed by atoms with Gasteiger partial charge in [-0.05, 0) is 25.9 Å². The van der Waals surface area contributed by atoms with Crippen molar-refractivity contribution in [3.63, 3.8) is 0 Å². The Bertz CT molecular complexity index is 168. The van der Waals surface area contributed by atoms with Crippen molar-refractivity contribution in [1.82, 2.24) is 4.57 Å². The van der Waals surface area contributed by atoms with Crippen molar-refractivity contribution in [3.05, 3.63) is 0 Å². The SMILES string of the molecule is CC[Si](OC)(OC)N1CCCCCCCC1. The average molecular weight is 245 g/mol. The number of hydrogen-bond acceptors (Lipinski definition) is 3. The molecule has 0 amide bonds. The summed E-state index contributed by atoms with van der Waals surface area (Å²) in [5.41, 5.74) is 0. The molecule has 0 aromatic heterocycles. The minimum Gasteiger partial charge on any atom is -0.386 e. The van der Waals surface area contributed by atoms with Crippen molar-refractivity contribution in [3.8, 4) is 0 Å². The third-order valence-electron chi connectivity index (χ3n) is 3.67. The molecule has 0 unspecified atom stereocenters. The second-order valence-electron chi connectivity index (χ2n) is 4.58. The first-order chi connectivity index (χ1) is 7.79. The summed E-state index contributed by atoms with van der Waals surface area (Å²) < 4.78 is 14.0. The molecule has 0 atom stereocenters. The van der Waals surface area contributed by atoms with Crippen molar-refractivity contribution in [2.75, 3.05) is 27.3 Å². The van der Waals surface area contributed by atoms with Crippen LogP contribution in [0.1, 0.15) is 45.4 Å². The van der Waals surface area contributed by atoms with Gasteiger partial charge in [0.15, 0.2) is 0 Å². The largest absolute Gasteiger partial charge is 0.426 e. The van der Waals surface area contributed by atoms with Gasteiger partial charge < -0.3 is 8.85 Å². The van der Waals surface area contributed by atoms with Gasteiger partial charge in [-0.25, -0.2) is 0 Å². The maximum Gasteiger partial charge on any atom is 0.426 e. The number of hydrogen-bond donors (Lipinski definition) is 0. The van der Waals surface area contributed by atoms with Crippen LogP contribution >= 0.6 is 0 Å². The molecule has 3 nitrogen and oxygen atoms in total. The predicted octanol–water partition coefficient (Wildman–Crippen LogP) is 2.89. The molecule has 0 aliphatic carbocycles. The summed E-state index contributed by atoms with van der Waals surface area (Å²) in [6.07, 6.45) is 8.10. The maximum absolute atomic E-state index is 5.76. The van der Waals surface area contributed by atoms with Gasteiger partial charge in [-0.2, -0.15) is 0 Å². The monoisotopic (exact) mass is 245 g/mol. The Labute approximate surface area is 101 Å². The van der Waals surface area contributed by atoms with E-state index >= 15 is 0 Å². The first kappa shape index (κ1) is 14.2. The summed E-state index contributed by atoms with van der Waals surface area (Å²) in [5.74, 6) is 0. The minimum absolute atomic E-state index is 1.01. The molecule has 0 aromatic rings. The molecule has 1 rings (SSSR count). The van der Waals surface area contributed by atoms with Crippen molar-refractivity contribution in [2.45, 2.75) is 51.5 Å². The van der Waals surface area contributed by atoms with E-state index < -0.39 is 8.72 Å². The summed E-state index contributed by atoms with van der Waals surface area (Å²) in [6, 6.07) is 1.01. The van der Waals surface area contributed by atoms with Crippen LogP contribution in [0.4, 0.5) is 0 Å². The normalized spacial score (nSPS) is 21.2. The van der Waals surface area contributed by atoms with E-state index in [1.54, 1.807) is 0 Å². The fourth-order valence-electron chi connectivity index (χ4n) is 2.62. The molecule has 0 saturated carbocycles. The summed E-state index contributed by atoms with van der Waals surface area (Å²) >= 11 is 0. The van der Waals surface area contributed by atoms with E-state index in [0.717, 1.165) is 19.1 Å². The molecule has 1 aliphatic rings. The Morgan fingerprint density at radius 2 is 1.31 bits per heavy atom. The zero-order chi connectivity index (χ0) is 11.9. The zero-order valence-electron chi connectivity index (χ0n) is 11.1. The molecule has 0 N–H and O–H groups in total. The fourth-order valence-corrected chi connectivity index (χ4v) is 5.32. The van der Waals surface area contributed by atoms with E-state index in [9.17, 15) is 0 Å². The van der Waals surface area contributed by atoms with Gasteiger partial charge >= 0.3 is 8.72 Å². The van der Waals surface area contributed by atoms with Crippen molar-refractivity contribution in [2.24, 2.45) is 0 Å². The second-order valence-corrected chi connectivity index (χ2v) is 8.16. The van der Waals surface area contributed by atoms with E-state index in [2.05, 4.69) is 11.5 Å². The van der Waals surface area contributed by atoms with E-state index in [-0.39, 0.29) is 0 Å². The summed E-state index contributed by atoms with van der Waals surface area (Å²) in [5, 5.41) is 0. The molecule has 0 radical (unpaired) electrons. The zero-order valence-corrected chi connectivity index (χ0v) is 12.1. The lowest BCUT2D eigenvalue weighted by Gasteiger charge is -2.37. The van der Waals surface area contributed by atoms with Crippen LogP contribution in [-0.2, 0) is 8.85 Å². The molecule has 0 bridgehead atoms. The number of nitrogens with zero attached hydrogens (tertiary/aromatic N) is 1. The van der Waals surface area contributed by atoms with Gasteiger partial charge in [0.05, 0.1) is 0 Å². The minimum atomic E-state index is -2.06. The lowest BCUT2D eigenvalue weighted by molar-refractivity contribution is 0.161. The van der Waals surface area contributed by atoms with Gasteiger partial charge in [-0.1, -0.05) is 32.6 Å². The van der Waals surface area contributed by atoms with Crippen LogP contribution in [0.3, 0.4) is 0 Å². The molecule has 96 valence electrons. The van der Waals surface area contributed by atoms with Gasteiger partial charge in [-0.3, -0.25) is 4.57 Å². The van der Waals surface area contributed by atoms with Crippen LogP contribution in [0.5, 0.6) is 0 Å². The molecule has 1 heterocycles. The van der Waals surface area contributed by atoms with E-state index in [1.165, 1.54) is 38.5 Å². The van der Waals surface area contributed by atoms with Crippen LogP contribution < -0.4 is 0 Å². The molecule has 4 heteroatoms. The molecule has 1 aliphatic heterocycles. The van der Waals surface area contributed by atoms with Crippen LogP contribution in [0.25, 0.3) is 0 Å². The topological polar surface area (TPSA) is 21.7 Å². The van der Waals surface area contributed by atoms with Crippen molar-refractivity contribution in [1.29, 1.82) is 0 Å². The summed E-state index contributed by atoms with van der Waals surface area (Å²) in [6.45, 7) is 4.50. The molecule has 16 heavy (non-hydrogen) atoms. The van der Waals surface area contributed by atoms with Crippen LogP contribution in [0.2, 0.25) is 6.04 Å². The first-order valence-corrected chi connectivity index (χ1v) is 8.61. The highest BCUT2D eigenvalue weighted by molar-refractivity contribution is 6.64. The standard InChI is InChI=1S/C12H27NO2Si/c1-4-16(14-2,15-3)13-11-9-7-5-6-8-10-12-13/h4-12H2,1-3H3. The van der Waals surface area contributed by atoms with E-state index in [4.69, 9.17) is 8.85 Å². The van der Waals surface area contributed by atoms with Crippen molar-refractivity contribution >= 4 is 8.72 Å². The van der Waals surface area contributed by atoms with Gasteiger partial charge in [0.2, 0.25) is 0 Å². The molecular weight excluding hydrogens is 218 g/mol. The second kappa shape index (κ2) is 7.43. The molecular formula is C12H27NO2Si. The van der Waals surface area contributed by atoms with E-state index in [0.29, 0.717) is 0 Å². The van der Waals surface area contributed by atoms with Gasteiger partial charge in [0.25, 0.3) is 0 Å². The highest BCUT2D eigenvalue weighted by Crippen LogP contribution is 2.21. The Morgan fingerprint density at radius 1 is 0.875 bits per heavy atom. The summed E-state index contributed by atoms with van der Waals surface area (Å²) in [4.78, 5) is 0. The summed E-state index contributed by atoms with van der Waals surface area (Å²) in [7, 11) is 1.56.